The van der Waals surface area contributed by atoms with Gasteiger partial charge in [-0.05, 0) is 11.6 Å². The lowest BCUT2D eigenvalue weighted by Crippen LogP contribution is -2.25. The van der Waals surface area contributed by atoms with Crippen molar-refractivity contribution in [2.24, 2.45) is 0 Å². The number of benzene rings is 1. The topological polar surface area (TPSA) is 0 Å². The first kappa shape index (κ1) is 12.7. The Labute approximate surface area is 119 Å². The Morgan fingerprint density at radius 1 is 1.00 bits per heavy atom. The summed E-state index contributed by atoms with van der Waals surface area (Å²) in [6.45, 7) is 0. The highest BCUT2D eigenvalue weighted by Crippen LogP contribution is 2.58. The van der Waals surface area contributed by atoms with E-state index in [1.165, 1.54) is 0 Å². The van der Waals surface area contributed by atoms with Crippen LogP contribution < -0.4 is 0 Å². The van der Waals surface area contributed by atoms with Crippen LogP contribution in [0.5, 0.6) is 0 Å². The van der Waals surface area contributed by atoms with Crippen LogP contribution in [-0.4, -0.2) is 2.14 Å². The molecule has 5 heteroatoms. The van der Waals surface area contributed by atoms with Crippen LogP contribution in [0.1, 0.15) is 5.56 Å². The zero-order valence-electron chi connectivity index (χ0n) is 6.20. The van der Waals surface area contributed by atoms with Gasteiger partial charge in [0.1, 0.15) is 3.23 Å². The van der Waals surface area contributed by atoms with Gasteiger partial charge in [0.25, 0.3) is 0 Å². The van der Waals surface area contributed by atoms with Crippen LogP contribution in [-0.2, 0) is 3.23 Å². The monoisotopic (exact) mass is 495 g/mol. The van der Waals surface area contributed by atoms with Gasteiger partial charge in [-0.2, -0.15) is 0 Å². The summed E-state index contributed by atoms with van der Waals surface area (Å²) in [4.78, 5) is 0. The fourth-order valence-corrected chi connectivity index (χ4v) is 1.88. The molecular formula is C8H4Br5. The molecule has 0 amide bonds. The van der Waals surface area contributed by atoms with Gasteiger partial charge in [-0.15, -0.1) is 0 Å². The van der Waals surface area contributed by atoms with Gasteiger partial charge in [-0.25, -0.2) is 0 Å². The molecule has 13 heavy (non-hydrogen) atoms. The Kier molecular flexibility index (Phi) is 4.53. The minimum absolute atomic E-state index is 0.450. The molecule has 0 aliphatic rings. The van der Waals surface area contributed by atoms with E-state index in [9.17, 15) is 0 Å². The van der Waals surface area contributed by atoms with Crippen LogP contribution >= 0.6 is 79.6 Å². The first-order chi connectivity index (χ1) is 5.86. The zero-order valence-corrected chi connectivity index (χ0v) is 14.1. The highest BCUT2D eigenvalue weighted by atomic mass is 80.0. The van der Waals surface area contributed by atoms with Crippen molar-refractivity contribution in [3.63, 3.8) is 0 Å². The Balaban J connectivity index is 3.08. The molecule has 0 N–H and O–H groups in total. The molecular weight excluding hydrogens is 496 g/mol. The average molecular weight is 500 g/mol. The molecule has 0 atom stereocenters. The molecule has 0 saturated carbocycles. The Morgan fingerprint density at radius 2 is 1.62 bits per heavy atom. The van der Waals surface area contributed by atoms with E-state index in [2.05, 4.69) is 85.7 Å². The summed E-state index contributed by atoms with van der Waals surface area (Å²) in [7, 11) is 0. The summed E-state index contributed by atoms with van der Waals surface area (Å²) in [5.74, 6) is 0. The summed E-state index contributed by atoms with van der Waals surface area (Å²) < 4.78 is -0.911. The first-order valence-electron chi connectivity index (χ1n) is 3.27. The first-order valence-corrected chi connectivity index (χ1v) is 7.24. The third kappa shape index (κ3) is 3.03. The third-order valence-corrected chi connectivity index (χ3v) is 8.42. The number of hydrogen-bond acceptors (Lipinski definition) is 0. The van der Waals surface area contributed by atoms with Crippen LogP contribution in [0.2, 0.25) is 0 Å². The van der Waals surface area contributed by atoms with Crippen LogP contribution in [0, 0.1) is 6.07 Å². The number of hydrogen-bond donors (Lipinski definition) is 0. The molecule has 0 heterocycles. The van der Waals surface area contributed by atoms with Crippen molar-refractivity contribution in [2.75, 3.05) is 0 Å². The van der Waals surface area contributed by atoms with Gasteiger partial charge >= 0.3 is 0 Å². The third-order valence-electron chi connectivity index (χ3n) is 1.40. The summed E-state index contributed by atoms with van der Waals surface area (Å²) in [6, 6.07) is 10.9. The van der Waals surface area contributed by atoms with Gasteiger partial charge in [0.05, 0.1) is 0 Å². The number of rotatable bonds is 1. The second-order valence-electron chi connectivity index (χ2n) is 2.35. The lowest BCUT2D eigenvalue weighted by Gasteiger charge is -2.29. The van der Waals surface area contributed by atoms with Gasteiger partial charge in [0.15, 0.2) is 2.14 Å². The van der Waals surface area contributed by atoms with E-state index in [1.807, 2.05) is 24.3 Å². The van der Waals surface area contributed by atoms with Crippen molar-refractivity contribution in [2.45, 2.75) is 5.38 Å². The van der Waals surface area contributed by atoms with E-state index in [0.717, 1.165) is 5.56 Å². The van der Waals surface area contributed by atoms with Crippen molar-refractivity contribution in [1.29, 1.82) is 0 Å². The fourth-order valence-electron chi connectivity index (χ4n) is 0.741. The highest BCUT2D eigenvalue weighted by Gasteiger charge is 2.44. The smallest absolute Gasteiger partial charge is 0.0639 e. The highest BCUT2D eigenvalue weighted by molar-refractivity contribution is 9.41. The lowest BCUT2D eigenvalue weighted by molar-refractivity contribution is 1.02. The van der Waals surface area contributed by atoms with Gasteiger partial charge < -0.3 is 0 Å². The number of alkyl halides is 5. The molecule has 0 aromatic heterocycles. The average Bonchev–Trinajstić information content (AvgIpc) is 2.04. The summed E-state index contributed by atoms with van der Waals surface area (Å²) in [6.07, 6.45) is 0. The molecule has 1 aromatic carbocycles. The molecule has 0 aliphatic carbocycles. The van der Waals surface area contributed by atoms with Gasteiger partial charge in [0.2, 0.25) is 0 Å². The van der Waals surface area contributed by atoms with Crippen molar-refractivity contribution in [1.82, 2.24) is 0 Å². The predicted octanol–water partition coefficient (Wildman–Crippen LogP) is 5.27. The van der Waals surface area contributed by atoms with Gasteiger partial charge in [-0.3, -0.25) is 0 Å². The Morgan fingerprint density at radius 3 is 2.00 bits per heavy atom. The minimum atomic E-state index is -0.460. The van der Waals surface area contributed by atoms with Crippen LogP contribution in [0.4, 0.5) is 0 Å². The molecule has 0 saturated heterocycles. The van der Waals surface area contributed by atoms with Crippen molar-refractivity contribution in [3.05, 3.63) is 35.9 Å². The summed E-state index contributed by atoms with van der Waals surface area (Å²) in [5.41, 5.74) is 0.987. The second-order valence-corrected chi connectivity index (χ2v) is 12.6. The van der Waals surface area contributed by atoms with E-state index in [-0.39, 0.29) is 0 Å². The Bertz CT molecular complexity index is 274. The molecule has 0 fully saturated rings. The minimum Gasteiger partial charge on any atom is -0.0639 e. The van der Waals surface area contributed by atoms with E-state index in [4.69, 9.17) is 0 Å². The SMILES string of the molecule is BrC(Br)(Br)C(Br)(Br)c1[c]cccc1. The van der Waals surface area contributed by atoms with Gasteiger partial charge in [0, 0.05) is 0 Å². The largest absolute Gasteiger partial charge is 0.164 e. The molecule has 1 radical (unpaired) electrons. The van der Waals surface area contributed by atoms with E-state index >= 15 is 0 Å². The lowest BCUT2D eigenvalue weighted by atomic mass is 10.2. The van der Waals surface area contributed by atoms with Crippen molar-refractivity contribution >= 4 is 79.6 Å². The molecule has 0 unspecified atom stereocenters. The maximum Gasteiger partial charge on any atom is 0.164 e. The molecule has 0 aliphatic heterocycles. The molecule has 71 valence electrons. The van der Waals surface area contributed by atoms with E-state index < -0.39 is 5.38 Å². The fraction of sp³-hybridized carbons (Fsp3) is 0.250. The molecule has 1 aromatic rings. The van der Waals surface area contributed by atoms with Crippen LogP contribution in [0.25, 0.3) is 0 Å². The quantitative estimate of drug-likeness (QED) is 0.462. The zero-order chi connectivity index (χ0) is 10.1. The van der Waals surface area contributed by atoms with E-state index in [1.54, 1.807) is 0 Å². The molecule has 0 bridgehead atoms. The normalized spacial score (nSPS) is 13.0. The van der Waals surface area contributed by atoms with Crippen LogP contribution in [0.15, 0.2) is 24.3 Å². The second kappa shape index (κ2) is 4.64. The maximum absolute atomic E-state index is 3.56. The standard InChI is InChI=1S/C8H4Br5/c9-7(10,8(11,12)13)6-4-2-1-3-5-6/h1-4H. The van der Waals surface area contributed by atoms with Crippen molar-refractivity contribution in [3.8, 4) is 0 Å². The van der Waals surface area contributed by atoms with Gasteiger partial charge in [-0.1, -0.05) is 104 Å². The Hall–Kier alpha value is 1.62. The van der Waals surface area contributed by atoms with E-state index in [0.29, 0.717) is 0 Å². The summed E-state index contributed by atoms with van der Waals surface area (Å²) >= 11 is 17.5. The summed E-state index contributed by atoms with van der Waals surface area (Å²) in [5, 5.41) is 0. The predicted molar refractivity (Wildman–Crippen MR) is 74.3 cm³/mol. The van der Waals surface area contributed by atoms with Crippen LogP contribution in [0.3, 0.4) is 0 Å². The molecule has 0 nitrogen and oxygen atoms in total. The molecule has 1 rings (SSSR count). The molecule has 0 spiro atoms. The maximum atomic E-state index is 3.56. The number of halogens is 5. The van der Waals surface area contributed by atoms with Crippen molar-refractivity contribution < 1.29 is 0 Å².